The van der Waals surface area contributed by atoms with Crippen molar-refractivity contribution >= 4 is 29.0 Å². The maximum absolute atomic E-state index is 13.5. The standard InChI is InChI=1S/C27H29ClN2O6/c1-5-36-27(32)24-22(15-13-20(33-2)25(35-4)21(14-15)34-3)23-18(7-6-8-19(23)31)30(26(24)29)17-11-9-16(28)10-12-17/h9-14,22H,5-8,29H2,1-4H3/t22-/m0/s1. The highest BCUT2D eigenvalue weighted by atomic mass is 35.5. The number of anilines is 1. The largest absolute Gasteiger partial charge is 0.493 e. The molecule has 0 radical (unpaired) electrons. The van der Waals surface area contributed by atoms with Crippen molar-refractivity contribution in [2.75, 3.05) is 32.8 Å². The van der Waals surface area contributed by atoms with Crippen molar-refractivity contribution in [1.82, 2.24) is 0 Å². The zero-order chi connectivity index (χ0) is 26.0. The van der Waals surface area contributed by atoms with E-state index in [1.54, 1.807) is 48.2 Å². The van der Waals surface area contributed by atoms with Crippen LogP contribution in [0.5, 0.6) is 17.2 Å². The molecule has 0 amide bonds. The fourth-order valence-electron chi connectivity index (χ4n) is 4.88. The number of ketones is 1. The Bertz CT molecular complexity index is 1230. The molecule has 36 heavy (non-hydrogen) atoms. The van der Waals surface area contributed by atoms with Gasteiger partial charge in [0.25, 0.3) is 0 Å². The number of hydrogen-bond acceptors (Lipinski definition) is 8. The van der Waals surface area contributed by atoms with Crippen molar-refractivity contribution in [3.63, 3.8) is 0 Å². The number of esters is 1. The van der Waals surface area contributed by atoms with Crippen LogP contribution >= 0.6 is 11.6 Å². The molecule has 9 heteroatoms. The first-order valence-corrected chi connectivity index (χ1v) is 12.0. The Balaban J connectivity index is 2.03. The lowest BCUT2D eigenvalue weighted by Crippen LogP contribution is -2.41. The van der Waals surface area contributed by atoms with E-state index in [2.05, 4.69) is 0 Å². The number of methoxy groups -OCH3 is 3. The van der Waals surface area contributed by atoms with Crippen LogP contribution < -0.4 is 24.8 Å². The smallest absolute Gasteiger partial charge is 0.338 e. The molecular weight excluding hydrogens is 484 g/mol. The van der Waals surface area contributed by atoms with Gasteiger partial charge in [-0.2, -0.15) is 0 Å². The van der Waals surface area contributed by atoms with Gasteiger partial charge in [-0.15, -0.1) is 0 Å². The van der Waals surface area contributed by atoms with Crippen LogP contribution in [-0.4, -0.2) is 39.7 Å². The lowest BCUT2D eigenvalue weighted by molar-refractivity contribution is -0.138. The number of benzene rings is 2. The highest BCUT2D eigenvalue weighted by Gasteiger charge is 2.43. The molecule has 8 nitrogen and oxygen atoms in total. The van der Waals surface area contributed by atoms with Crippen molar-refractivity contribution in [1.29, 1.82) is 0 Å². The third-order valence-electron chi connectivity index (χ3n) is 6.39. The number of rotatable bonds is 7. The number of allylic oxidation sites excluding steroid dienone is 2. The van der Waals surface area contributed by atoms with Crippen LogP contribution in [0.1, 0.15) is 37.7 Å². The molecule has 1 heterocycles. The van der Waals surface area contributed by atoms with E-state index < -0.39 is 11.9 Å². The molecule has 190 valence electrons. The number of hydrogen-bond donors (Lipinski definition) is 1. The molecule has 0 saturated heterocycles. The summed E-state index contributed by atoms with van der Waals surface area (Å²) in [5.41, 5.74) is 9.47. The van der Waals surface area contributed by atoms with E-state index in [0.29, 0.717) is 58.4 Å². The van der Waals surface area contributed by atoms with Crippen molar-refractivity contribution in [2.45, 2.75) is 32.1 Å². The van der Waals surface area contributed by atoms with E-state index in [0.717, 1.165) is 5.70 Å². The lowest BCUT2D eigenvalue weighted by atomic mass is 9.75. The van der Waals surface area contributed by atoms with Gasteiger partial charge in [-0.05, 0) is 61.7 Å². The monoisotopic (exact) mass is 512 g/mol. The zero-order valence-corrected chi connectivity index (χ0v) is 21.5. The highest BCUT2D eigenvalue weighted by molar-refractivity contribution is 6.30. The van der Waals surface area contributed by atoms with Gasteiger partial charge in [0.1, 0.15) is 5.82 Å². The Morgan fingerprint density at radius 3 is 2.25 bits per heavy atom. The average molecular weight is 513 g/mol. The van der Waals surface area contributed by atoms with E-state index in [1.165, 1.54) is 21.3 Å². The van der Waals surface area contributed by atoms with E-state index in [1.807, 2.05) is 0 Å². The molecule has 1 aliphatic carbocycles. The van der Waals surface area contributed by atoms with Gasteiger partial charge >= 0.3 is 5.97 Å². The molecular formula is C27H29ClN2O6. The van der Waals surface area contributed by atoms with Gasteiger partial charge in [-0.3, -0.25) is 9.69 Å². The molecule has 2 aromatic carbocycles. The Hall–Kier alpha value is -3.65. The van der Waals surface area contributed by atoms with Crippen LogP contribution in [0.4, 0.5) is 5.69 Å². The summed E-state index contributed by atoms with van der Waals surface area (Å²) in [4.78, 5) is 28.7. The lowest BCUT2D eigenvalue weighted by Gasteiger charge is -2.40. The predicted molar refractivity (Wildman–Crippen MR) is 137 cm³/mol. The Morgan fingerprint density at radius 2 is 1.69 bits per heavy atom. The second-order valence-corrected chi connectivity index (χ2v) is 8.80. The van der Waals surface area contributed by atoms with Crippen molar-refractivity contribution < 1.29 is 28.5 Å². The fraction of sp³-hybridized carbons (Fsp3) is 0.333. The first kappa shape index (κ1) is 25.4. The molecule has 0 unspecified atom stereocenters. The number of carbonyl (C=O) groups is 2. The molecule has 2 aromatic rings. The SMILES string of the molecule is CCOC(=O)C1=C(N)N(c2ccc(Cl)cc2)C2=C(C(=O)CCC2)[C@@H]1c1cc(OC)c(OC)c(OC)c1. The average Bonchev–Trinajstić information content (AvgIpc) is 2.88. The van der Waals surface area contributed by atoms with Crippen LogP contribution in [-0.2, 0) is 14.3 Å². The van der Waals surface area contributed by atoms with Crippen molar-refractivity contribution in [3.05, 3.63) is 69.6 Å². The van der Waals surface area contributed by atoms with Gasteiger partial charge in [0.05, 0.1) is 39.4 Å². The van der Waals surface area contributed by atoms with E-state index in [-0.39, 0.29) is 23.8 Å². The van der Waals surface area contributed by atoms with Crippen molar-refractivity contribution in [2.24, 2.45) is 5.73 Å². The Kier molecular flexibility index (Phi) is 7.45. The van der Waals surface area contributed by atoms with E-state index in [4.69, 9.17) is 36.3 Å². The van der Waals surface area contributed by atoms with Crippen LogP contribution in [0.15, 0.2) is 59.1 Å². The summed E-state index contributed by atoms with van der Waals surface area (Å²) in [5, 5.41) is 0.563. The highest BCUT2D eigenvalue weighted by Crippen LogP contribution is 2.49. The third-order valence-corrected chi connectivity index (χ3v) is 6.65. The summed E-state index contributed by atoms with van der Waals surface area (Å²) in [6.45, 7) is 1.87. The second-order valence-electron chi connectivity index (χ2n) is 8.36. The molecule has 0 saturated carbocycles. The molecule has 1 atom stereocenters. The summed E-state index contributed by atoms with van der Waals surface area (Å²) in [7, 11) is 4.53. The molecule has 1 aliphatic heterocycles. The van der Waals surface area contributed by atoms with Crippen LogP contribution in [0.3, 0.4) is 0 Å². The molecule has 2 aliphatic rings. The molecule has 4 rings (SSSR count). The van der Waals surface area contributed by atoms with Crippen LogP contribution in [0, 0.1) is 0 Å². The minimum atomic E-state index is -0.774. The van der Waals surface area contributed by atoms with Gasteiger partial charge in [0.2, 0.25) is 5.75 Å². The van der Waals surface area contributed by atoms with Crippen molar-refractivity contribution in [3.8, 4) is 17.2 Å². The van der Waals surface area contributed by atoms with Gasteiger partial charge in [0, 0.05) is 28.4 Å². The summed E-state index contributed by atoms with van der Waals surface area (Å²) in [6, 6.07) is 10.6. The minimum absolute atomic E-state index is 0.0525. The number of nitrogens with two attached hydrogens (primary N) is 1. The van der Waals surface area contributed by atoms with Gasteiger partial charge in [-0.25, -0.2) is 4.79 Å². The maximum Gasteiger partial charge on any atom is 0.338 e. The summed E-state index contributed by atoms with van der Waals surface area (Å²) < 4.78 is 22.0. The zero-order valence-electron chi connectivity index (χ0n) is 20.7. The summed E-state index contributed by atoms with van der Waals surface area (Å²) in [6.07, 6.45) is 1.65. The molecule has 0 aromatic heterocycles. The summed E-state index contributed by atoms with van der Waals surface area (Å²) in [5.74, 6) is -0.0208. The topological polar surface area (TPSA) is 100 Å². The quantitative estimate of drug-likeness (QED) is 0.532. The predicted octanol–water partition coefficient (Wildman–Crippen LogP) is 4.71. The Labute approximate surface area is 215 Å². The summed E-state index contributed by atoms with van der Waals surface area (Å²) >= 11 is 6.12. The van der Waals surface area contributed by atoms with E-state index in [9.17, 15) is 9.59 Å². The van der Waals surface area contributed by atoms with E-state index >= 15 is 0 Å². The minimum Gasteiger partial charge on any atom is -0.493 e. The number of halogens is 1. The first-order valence-electron chi connectivity index (χ1n) is 11.6. The number of nitrogens with zero attached hydrogens (tertiary/aromatic N) is 1. The van der Waals surface area contributed by atoms with Crippen LogP contribution in [0.25, 0.3) is 0 Å². The second kappa shape index (κ2) is 10.5. The van der Waals surface area contributed by atoms with Gasteiger partial charge < -0.3 is 24.7 Å². The van der Waals surface area contributed by atoms with Gasteiger partial charge in [-0.1, -0.05) is 11.6 Å². The third kappa shape index (κ3) is 4.37. The Morgan fingerprint density at radius 1 is 1.06 bits per heavy atom. The molecule has 0 spiro atoms. The normalized spacial score (nSPS) is 17.6. The van der Waals surface area contributed by atoms with Crippen LogP contribution in [0.2, 0.25) is 5.02 Å². The molecule has 0 fully saturated rings. The number of carbonyl (C=O) groups excluding carboxylic acids is 2. The van der Waals surface area contributed by atoms with Gasteiger partial charge in [0.15, 0.2) is 17.3 Å². The first-order chi connectivity index (χ1) is 17.4. The fourth-order valence-corrected chi connectivity index (χ4v) is 5.01. The number of Topliss-reactive ketones (excluding diaryl/α,β-unsaturated/α-hetero) is 1. The molecule has 2 N–H and O–H groups in total. The number of ether oxygens (including phenoxy) is 4. The maximum atomic E-state index is 13.5. The molecule has 0 bridgehead atoms.